The quantitative estimate of drug-likeness (QED) is 0.803. The second-order valence-electron chi connectivity index (χ2n) is 3.54. The minimum Gasteiger partial charge on any atom is -0.477 e. The van der Waals surface area contributed by atoms with Gasteiger partial charge in [-0.1, -0.05) is 0 Å². The number of fused-ring (bicyclic) bond motifs is 1. The number of H-pyrrole nitrogens is 1. The molecule has 0 fully saturated rings. The largest absolute Gasteiger partial charge is 0.477 e. The minimum atomic E-state index is -4.67. The fraction of sp³-hybridized carbons (Fsp3) is 0.222. The van der Waals surface area contributed by atoms with E-state index in [0.717, 1.165) is 0 Å². The van der Waals surface area contributed by atoms with Crippen molar-refractivity contribution in [3.63, 3.8) is 0 Å². The SMILES string of the molecule is Cc1nc2cc(C(F)(F)F)[nH]n2c(=O)c1C(=O)O. The Balaban J connectivity index is 2.84. The molecule has 0 spiro atoms. The standard InChI is InChI=1S/C9H6F3N3O3/c1-3-6(8(17)18)7(16)15-5(13-3)2-4(14-15)9(10,11)12/h2,14H,1H3,(H,17,18). The molecule has 0 bridgehead atoms. The van der Waals surface area contributed by atoms with Crippen molar-refractivity contribution in [1.29, 1.82) is 0 Å². The van der Waals surface area contributed by atoms with E-state index in [4.69, 9.17) is 5.11 Å². The highest BCUT2D eigenvalue weighted by Crippen LogP contribution is 2.28. The number of aromatic nitrogens is 3. The average molecular weight is 261 g/mol. The van der Waals surface area contributed by atoms with E-state index in [9.17, 15) is 22.8 Å². The van der Waals surface area contributed by atoms with Crippen LogP contribution in [0.1, 0.15) is 21.7 Å². The lowest BCUT2D eigenvalue weighted by Gasteiger charge is -2.01. The van der Waals surface area contributed by atoms with E-state index in [0.29, 0.717) is 10.6 Å². The molecule has 0 atom stereocenters. The van der Waals surface area contributed by atoms with Gasteiger partial charge in [0.15, 0.2) is 5.65 Å². The van der Waals surface area contributed by atoms with Crippen molar-refractivity contribution in [3.05, 3.63) is 33.4 Å². The third-order valence-electron chi connectivity index (χ3n) is 2.32. The number of nitrogens with zero attached hydrogens (tertiary/aromatic N) is 2. The number of alkyl halides is 3. The van der Waals surface area contributed by atoms with Crippen LogP contribution in [0.15, 0.2) is 10.9 Å². The van der Waals surface area contributed by atoms with Crippen molar-refractivity contribution in [1.82, 2.24) is 14.6 Å². The van der Waals surface area contributed by atoms with E-state index in [1.165, 1.54) is 6.92 Å². The van der Waals surface area contributed by atoms with Crippen molar-refractivity contribution < 1.29 is 23.1 Å². The highest BCUT2D eigenvalue weighted by Gasteiger charge is 2.33. The first-order chi connectivity index (χ1) is 8.21. The molecule has 0 saturated carbocycles. The number of rotatable bonds is 1. The van der Waals surface area contributed by atoms with Gasteiger partial charge in [0.1, 0.15) is 11.3 Å². The fourth-order valence-electron chi connectivity index (χ4n) is 1.53. The van der Waals surface area contributed by atoms with Gasteiger partial charge in [-0.3, -0.25) is 9.89 Å². The highest BCUT2D eigenvalue weighted by molar-refractivity contribution is 5.88. The van der Waals surface area contributed by atoms with Gasteiger partial charge in [-0.05, 0) is 6.92 Å². The van der Waals surface area contributed by atoms with Gasteiger partial charge in [-0.15, -0.1) is 0 Å². The van der Waals surface area contributed by atoms with Gasteiger partial charge < -0.3 is 5.11 Å². The zero-order valence-electron chi connectivity index (χ0n) is 8.87. The lowest BCUT2D eigenvalue weighted by atomic mass is 10.2. The Labute approximate surface area is 96.7 Å². The van der Waals surface area contributed by atoms with Crippen LogP contribution in [0, 0.1) is 6.92 Å². The zero-order chi connectivity index (χ0) is 13.7. The number of hydrogen-bond acceptors (Lipinski definition) is 3. The smallest absolute Gasteiger partial charge is 0.432 e. The molecule has 0 saturated heterocycles. The second kappa shape index (κ2) is 3.59. The number of carboxylic acid groups (broad SMARTS) is 1. The monoisotopic (exact) mass is 261 g/mol. The lowest BCUT2D eigenvalue weighted by Crippen LogP contribution is -2.25. The van der Waals surface area contributed by atoms with E-state index in [1.807, 2.05) is 0 Å². The molecule has 2 rings (SSSR count). The maximum atomic E-state index is 12.4. The van der Waals surface area contributed by atoms with Crippen LogP contribution in [0.4, 0.5) is 13.2 Å². The normalized spacial score (nSPS) is 12.0. The molecular formula is C9H6F3N3O3. The number of aromatic carboxylic acids is 1. The first-order valence-corrected chi connectivity index (χ1v) is 4.64. The van der Waals surface area contributed by atoms with Crippen LogP contribution in [0.2, 0.25) is 0 Å². The van der Waals surface area contributed by atoms with Crippen molar-refractivity contribution in [2.24, 2.45) is 0 Å². The molecule has 2 N–H and O–H groups in total. The lowest BCUT2D eigenvalue weighted by molar-refractivity contribution is -0.141. The molecule has 2 aromatic rings. The summed E-state index contributed by atoms with van der Waals surface area (Å²) in [4.78, 5) is 26.1. The fourth-order valence-corrected chi connectivity index (χ4v) is 1.53. The van der Waals surface area contributed by atoms with Crippen LogP contribution in [-0.4, -0.2) is 25.7 Å². The first kappa shape index (κ1) is 12.1. The Kier molecular flexibility index (Phi) is 2.42. The van der Waals surface area contributed by atoms with Gasteiger partial charge in [0.05, 0.1) is 5.69 Å². The molecule has 2 heterocycles. The molecule has 0 unspecified atom stereocenters. The van der Waals surface area contributed by atoms with Crippen molar-refractivity contribution in [2.45, 2.75) is 13.1 Å². The summed E-state index contributed by atoms with van der Waals surface area (Å²) in [6.45, 7) is 1.24. The summed E-state index contributed by atoms with van der Waals surface area (Å²) in [5.41, 5.74) is -3.34. The molecule has 2 aromatic heterocycles. The van der Waals surface area contributed by atoms with Crippen molar-refractivity contribution in [3.8, 4) is 0 Å². The maximum absolute atomic E-state index is 12.4. The van der Waals surface area contributed by atoms with E-state index >= 15 is 0 Å². The third kappa shape index (κ3) is 1.73. The molecule has 96 valence electrons. The number of carboxylic acids is 1. The Morgan fingerprint density at radius 3 is 2.61 bits per heavy atom. The summed E-state index contributed by atoms with van der Waals surface area (Å²) in [7, 11) is 0. The number of carbonyl (C=O) groups is 1. The van der Waals surface area contributed by atoms with E-state index in [2.05, 4.69) is 4.98 Å². The molecule has 6 nitrogen and oxygen atoms in total. The Bertz CT molecular complexity index is 699. The summed E-state index contributed by atoms with van der Waals surface area (Å²) in [6, 6.07) is 0.639. The Morgan fingerprint density at radius 2 is 2.11 bits per heavy atom. The van der Waals surface area contributed by atoms with Gasteiger partial charge >= 0.3 is 12.1 Å². The Hall–Kier alpha value is -2.32. The number of halogens is 3. The topological polar surface area (TPSA) is 87.5 Å². The summed E-state index contributed by atoms with van der Waals surface area (Å²) >= 11 is 0. The second-order valence-corrected chi connectivity index (χ2v) is 3.54. The van der Waals surface area contributed by atoms with E-state index < -0.39 is 29.0 Å². The predicted molar refractivity (Wildman–Crippen MR) is 52.5 cm³/mol. The molecule has 0 aliphatic rings. The maximum Gasteiger partial charge on any atom is 0.432 e. The van der Waals surface area contributed by atoms with Gasteiger partial charge in [0, 0.05) is 6.07 Å². The minimum absolute atomic E-state index is 0.139. The van der Waals surface area contributed by atoms with Gasteiger partial charge in [-0.25, -0.2) is 14.3 Å². The van der Waals surface area contributed by atoms with Crippen LogP contribution in [0.25, 0.3) is 5.65 Å². The first-order valence-electron chi connectivity index (χ1n) is 4.64. The van der Waals surface area contributed by atoms with Crippen LogP contribution in [-0.2, 0) is 6.18 Å². The molecule has 18 heavy (non-hydrogen) atoms. The number of hydrogen-bond donors (Lipinski definition) is 2. The number of aromatic amines is 1. The number of nitrogens with one attached hydrogen (secondary N) is 1. The highest BCUT2D eigenvalue weighted by atomic mass is 19.4. The van der Waals surface area contributed by atoms with Crippen LogP contribution in [0.3, 0.4) is 0 Å². The van der Waals surface area contributed by atoms with Crippen LogP contribution >= 0.6 is 0 Å². The predicted octanol–water partition coefficient (Wildman–Crippen LogP) is 1.05. The van der Waals surface area contributed by atoms with Crippen LogP contribution in [0.5, 0.6) is 0 Å². The summed E-state index contributed by atoms with van der Waals surface area (Å²) in [5, 5.41) is 10.6. The molecule has 0 aliphatic carbocycles. The third-order valence-corrected chi connectivity index (χ3v) is 2.32. The molecule has 0 aromatic carbocycles. The van der Waals surface area contributed by atoms with Crippen LogP contribution < -0.4 is 5.56 Å². The van der Waals surface area contributed by atoms with Crippen molar-refractivity contribution >= 4 is 11.6 Å². The van der Waals surface area contributed by atoms with Gasteiger partial charge in [0.25, 0.3) is 5.56 Å². The van der Waals surface area contributed by atoms with Gasteiger partial charge in [0.2, 0.25) is 0 Å². The summed E-state index contributed by atoms with van der Waals surface area (Å²) < 4.78 is 37.7. The molecular weight excluding hydrogens is 255 g/mol. The summed E-state index contributed by atoms with van der Waals surface area (Å²) in [5.74, 6) is -1.54. The zero-order valence-corrected chi connectivity index (χ0v) is 8.87. The van der Waals surface area contributed by atoms with E-state index in [1.54, 1.807) is 5.10 Å². The van der Waals surface area contributed by atoms with Crippen molar-refractivity contribution in [2.75, 3.05) is 0 Å². The summed E-state index contributed by atoms with van der Waals surface area (Å²) in [6.07, 6.45) is -4.67. The molecule has 0 amide bonds. The molecule has 0 radical (unpaired) electrons. The Morgan fingerprint density at radius 1 is 1.50 bits per heavy atom. The number of aryl methyl sites for hydroxylation is 1. The van der Waals surface area contributed by atoms with E-state index in [-0.39, 0.29) is 11.3 Å². The van der Waals surface area contributed by atoms with Gasteiger partial charge in [-0.2, -0.15) is 13.2 Å². The average Bonchev–Trinajstić information content (AvgIpc) is 2.60. The molecule has 9 heteroatoms. The molecule has 0 aliphatic heterocycles.